The van der Waals surface area contributed by atoms with Gasteiger partial charge >= 0.3 is 6.18 Å². The minimum absolute atomic E-state index is 0.0555. The van der Waals surface area contributed by atoms with Gasteiger partial charge in [-0.2, -0.15) is 13.2 Å². The molecule has 0 radical (unpaired) electrons. The van der Waals surface area contributed by atoms with E-state index in [4.69, 9.17) is 9.47 Å². The number of aliphatic hydroxyl groups is 1. The Kier molecular flexibility index (Phi) is 9.71. The molecule has 2 N–H and O–H groups in total. The molecular formula is C21H32F3N3O3. The third-order valence-corrected chi connectivity index (χ3v) is 4.99. The maximum Gasteiger partial charge on any atom is 0.416 e. The lowest BCUT2D eigenvalue weighted by Crippen LogP contribution is -2.40. The molecule has 170 valence electrons. The van der Waals surface area contributed by atoms with Crippen molar-refractivity contribution in [3.05, 3.63) is 29.8 Å². The van der Waals surface area contributed by atoms with E-state index in [0.29, 0.717) is 18.4 Å². The molecule has 0 amide bonds. The zero-order valence-electron chi connectivity index (χ0n) is 17.6. The van der Waals surface area contributed by atoms with Crippen LogP contribution in [0.2, 0.25) is 0 Å². The molecule has 30 heavy (non-hydrogen) atoms. The zero-order valence-corrected chi connectivity index (χ0v) is 17.6. The summed E-state index contributed by atoms with van der Waals surface area (Å²) in [5, 5.41) is 13.4. The summed E-state index contributed by atoms with van der Waals surface area (Å²) < 4.78 is 48.5. The summed E-state index contributed by atoms with van der Waals surface area (Å²) in [6, 6.07) is 4.40. The topological polar surface area (TPSA) is 66.3 Å². The number of hydrogen-bond acceptors (Lipinski definition) is 4. The van der Waals surface area contributed by atoms with Crippen molar-refractivity contribution in [2.45, 2.75) is 38.5 Å². The zero-order chi connectivity index (χ0) is 22.0. The van der Waals surface area contributed by atoms with Gasteiger partial charge in [-0.1, -0.05) is 0 Å². The van der Waals surface area contributed by atoms with Gasteiger partial charge in [0.15, 0.2) is 5.96 Å². The van der Waals surface area contributed by atoms with E-state index in [1.807, 2.05) is 18.9 Å². The summed E-state index contributed by atoms with van der Waals surface area (Å²) in [6.07, 6.45) is -2.02. The van der Waals surface area contributed by atoms with E-state index >= 15 is 0 Å². The van der Waals surface area contributed by atoms with Gasteiger partial charge in [-0.3, -0.25) is 4.99 Å². The molecule has 1 heterocycles. The van der Waals surface area contributed by atoms with Crippen LogP contribution in [0.5, 0.6) is 5.75 Å². The van der Waals surface area contributed by atoms with Crippen molar-refractivity contribution in [3.8, 4) is 5.75 Å². The van der Waals surface area contributed by atoms with Crippen LogP contribution in [0.3, 0.4) is 0 Å². The number of halogens is 3. The first-order valence-corrected chi connectivity index (χ1v) is 10.3. The van der Waals surface area contributed by atoms with Crippen LogP contribution in [0.1, 0.15) is 31.7 Å². The predicted octanol–water partition coefficient (Wildman–Crippen LogP) is 3.16. The Bertz CT molecular complexity index is 647. The summed E-state index contributed by atoms with van der Waals surface area (Å²) in [5.41, 5.74) is -0.737. The van der Waals surface area contributed by atoms with Gasteiger partial charge in [-0.05, 0) is 56.4 Å². The Morgan fingerprint density at radius 2 is 1.97 bits per heavy atom. The predicted molar refractivity (Wildman–Crippen MR) is 110 cm³/mol. The van der Waals surface area contributed by atoms with Crippen LogP contribution in [0.4, 0.5) is 13.2 Å². The lowest BCUT2D eigenvalue weighted by Gasteiger charge is -2.27. The van der Waals surface area contributed by atoms with E-state index in [0.717, 1.165) is 51.2 Å². The largest absolute Gasteiger partial charge is 0.491 e. The van der Waals surface area contributed by atoms with E-state index < -0.39 is 17.8 Å². The molecule has 6 nitrogen and oxygen atoms in total. The van der Waals surface area contributed by atoms with Crippen molar-refractivity contribution in [3.63, 3.8) is 0 Å². The average molecular weight is 431 g/mol. The highest BCUT2D eigenvalue weighted by atomic mass is 19.4. The fraction of sp³-hybridized carbons (Fsp3) is 0.667. The second-order valence-electron chi connectivity index (χ2n) is 7.45. The number of aliphatic hydroxyl groups excluding tert-OH is 1. The van der Waals surface area contributed by atoms with E-state index in [9.17, 15) is 18.3 Å². The van der Waals surface area contributed by atoms with Crippen LogP contribution >= 0.6 is 0 Å². The Hall–Kier alpha value is -2.00. The molecule has 1 aliphatic rings. The number of hydrogen-bond donors (Lipinski definition) is 2. The van der Waals surface area contributed by atoms with Crippen LogP contribution in [-0.4, -0.2) is 68.6 Å². The molecule has 2 rings (SSSR count). The van der Waals surface area contributed by atoms with Crippen molar-refractivity contribution in [1.29, 1.82) is 0 Å². The minimum atomic E-state index is -4.38. The molecule has 1 aromatic carbocycles. The summed E-state index contributed by atoms with van der Waals surface area (Å²) in [5.74, 6) is 1.64. The Morgan fingerprint density at radius 1 is 1.30 bits per heavy atom. The lowest BCUT2D eigenvalue weighted by molar-refractivity contribution is -0.137. The van der Waals surface area contributed by atoms with Crippen LogP contribution < -0.4 is 10.1 Å². The lowest BCUT2D eigenvalue weighted by atomic mass is 9.96. The quantitative estimate of drug-likeness (QED) is 0.465. The molecule has 0 saturated carbocycles. The molecule has 0 aliphatic carbocycles. The minimum Gasteiger partial charge on any atom is -0.491 e. The van der Waals surface area contributed by atoms with Crippen molar-refractivity contribution >= 4 is 5.96 Å². The van der Waals surface area contributed by atoms with Gasteiger partial charge in [0.1, 0.15) is 18.5 Å². The van der Waals surface area contributed by atoms with Gasteiger partial charge in [-0.25, -0.2) is 0 Å². The molecule has 0 spiro atoms. The van der Waals surface area contributed by atoms with Crippen molar-refractivity contribution in [2.24, 2.45) is 10.9 Å². The van der Waals surface area contributed by atoms with Crippen molar-refractivity contribution < 1.29 is 27.8 Å². The summed E-state index contributed by atoms with van der Waals surface area (Å²) in [4.78, 5) is 6.51. The molecule has 9 heteroatoms. The molecule has 1 saturated heterocycles. The number of nitrogens with zero attached hydrogens (tertiary/aromatic N) is 2. The van der Waals surface area contributed by atoms with Gasteiger partial charge < -0.3 is 24.8 Å². The first-order chi connectivity index (χ1) is 14.3. The van der Waals surface area contributed by atoms with Crippen LogP contribution in [0.15, 0.2) is 29.3 Å². The van der Waals surface area contributed by atoms with Crippen molar-refractivity contribution in [2.75, 3.05) is 46.5 Å². The smallest absolute Gasteiger partial charge is 0.416 e. The number of benzene rings is 1. The number of alkyl halides is 3. The maximum atomic E-state index is 12.6. The number of rotatable bonds is 9. The second-order valence-corrected chi connectivity index (χ2v) is 7.45. The highest BCUT2D eigenvalue weighted by Gasteiger charge is 2.30. The van der Waals surface area contributed by atoms with Crippen LogP contribution in [0.25, 0.3) is 0 Å². The van der Waals surface area contributed by atoms with Gasteiger partial charge in [0.05, 0.1) is 12.1 Å². The van der Waals surface area contributed by atoms with Crippen molar-refractivity contribution in [1.82, 2.24) is 10.2 Å². The normalized spacial score (nSPS) is 16.9. The average Bonchev–Trinajstić information content (AvgIpc) is 2.74. The number of ether oxygens (including phenoxy) is 2. The molecule has 0 aromatic heterocycles. The standard InChI is InChI=1S/C21H32F3N3O3/c1-3-25-20(27(2)11-8-16-9-12-29-13-10-16)26-14-18(28)15-30-19-6-4-17(5-7-19)21(22,23)24/h4-7,16,18,28H,3,8-15H2,1-2H3,(H,25,26). The third kappa shape index (κ3) is 8.39. The Morgan fingerprint density at radius 3 is 2.57 bits per heavy atom. The molecule has 1 aliphatic heterocycles. The van der Waals surface area contributed by atoms with Crippen LogP contribution in [0, 0.1) is 5.92 Å². The second kappa shape index (κ2) is 12.0. The maximum absolute atomic E-state index is 12.6. The van der Waals surface area contributed by atoms with Crippen LogP contribution in [-0.2, 0) is 10.9 Å². The molecule has 1 fully saturated rings. The Labute approximate surface area is 176 Å². The molecule has 1 aromatic rings. The fourth-order valence-corrected chi connectivity index (χ4v) is 3.16. The summed E-state index contributed by atoms with van der Waals surface area (Å²) in [6.45, 7) is 5.27. The first kappa shape index (κ1) is 24.3. The molecule has 1 unspecified atom stereocenters. The fourth-order valence-electron chi connectivity index (χ4n) is 3.16. The van der Waals surface area contributed by atoms with E-state index in [-0.39, 0.29) is 18.9 Å². The number of aliphatic imine (C=N–C) groups is 1. The van der Waals surface area contributed by atoms with E-state index in [2.05, 4.69) is 10.3 Å². The number of guanidine groups is 1. The van der Waals surface area contributed by atoms with E-state index in [1.54, 1.807) is 0 Å². The highest BCUT2D eigenvalue weighted by Crippen LogP contribution is 2.30. The Balaban J connectivity index is 1.79. The third-order valence-electron chi connectivity index (χ3n) is 4.99. The monoisotopic (exact) mass is 431 g/mol. The summed E-state index contributed by atoms with van der Waals surface area (Å²) in [7, 11) is 1.96. The first-order valence-electron chi connectivity index (χ1n) is 10.3. The van der Waals surface area contributed by atoms with E-state index in [1.165, 1.54) is 12.1 Å². The van der Waals surface area contributed by atoms with Gasteiger partial charge in [0, 0.05) is 33.4 Å². The molecule has 1 atom stereocenters. The molecule has 0 bridgehead atoms. The van der Waals surface area contributed by atoms with Gasteiger partial charge in [0.2, 0.25) is 0 Å². The highest BCUT2D eigenvalue weighted by molar-refractivity contribution is 5.79. The van der Waals surface area contributed by atoms with Gasteiger partial charge in [-0.15, -0.1) is 0 Å². The summed E-state index contributed by atoms with van der Waals surface area (Å²) >= 11 is 0. The SMILES string of the molecule is CCNC(=NCC(O)COc1ccc(C(F)(F)F)cc1)N(C)CCC1CCOCC1. The molecular weight excluding hydrogens is 399 g/mol. The van der Waals surface area contributed by atoms with Gasteiger partial charge in [0.25, 0.3) is 0 Å². The number of nitrogens with one attached hydrogen (secondary N) is 1.